The molecule has 2 saturated heterocycles. The molecule has 100 valence electrons. The van der Waals surface area contributed by atoms with Crippen LogP contribution in [-0.2, 0) is 9.59 Å². The molecule has 2 aliphatic heterocycles. The SMILES string of the molecule is C=C1NC(=O)CCC1N(C)C1CCN(C)C(=O)C1. The lowest BCUT2D eigenvalue weighted by atomic mass is 9.96. The third-order valence-corrected chi connectivity index (χ3v) is 4.05. The van der Waals surface area contributed by atoms with E-state index in [4.69, 9.17) is 0 Å². The average molecular weight is 251 g/mol. The van der Waals surface area contributed by atoms with Gasteiger partial charge in [0.2, 0.25) is 11.8 Å². The normalized spacial score (nSPS) is 29.7. The molecule has 18 heavy (non-hydrogen) atoms. The summed E-state index contributed by atoms with van der Waals surface area (Å²) < 4.78 is 0. The van der Waals surface area contributed by atoms with Crippen LogP contribution in [0.15, 0.2) is 12.3 Å². The summed E-state index contributed by atoms with van der Waals surface area (Å²) in [6.07, 6.45) is 2.87. The van der Waals surface area contributed by atoms with E-state index in [1.807, 2.05) is 14.1 Å². The molecule has 2 unspecified atom stereocenters. The fourth-order valence-electron chi connectivity index (χ4n) is 2.75. The maximum absolute atomic E-state index is 11.7. The molecule has 2 heterocycles. The molecule has 0 aromatic carbocycles. The minimum atomic E-state index is 0.0455. The Morgan fingerprint density at radius 3 is 2.72 bits per heavy atom. The zero-order valence-corrected chi connectivity index (χ0v) is 11.1. The molecule has 1 N–H and O–H groups in total. The first-order chi connectivity index (χ1) is 8.49. The van der Waals surface area contributed by atoms with Gasteiger partial charge in [-0.15, -0.1) is 0 Å². The summed E-state index contributed by atoms with van der Waals surface area (Å²) in [7, 11) is 3.87. The number of rotatable bonds is 2. The summed E-state index contributed by atoms with van der Waals surface area (Å²) in [5.74, 6) is 0.243. The van der Waals surface area contributed by atoms with Gasteiger partial charge in [0.05, 0.1) is 0 Å². The largest absolute Gasteiger partial charge is 0.346 e. The van der Waals surface area contributed by atoms with E-state index >= 15 is 0 Å². The van der Waals surface area contributed by atoms with Crippen molar-refractivity contribution in [2.45, 2.75) is 37.8 Å². The average Bonchev–Trinajstić information content (AvgIpc) is 2.32. The van der Waals surface area contributed by atoms with Gasteiger partial charge in [-0.2, -0.15) is 0 Å². The van der Waals surface area contributed by atoms with Gasteiger partial charge >= 0.3 is 0 Å². The molecule has 0 saturated carbocycles. The number of piperidine rings is 2. The van der Waals surface area contributed by atoms with Crippen LogP contribution in [0.2, 0.25) is 0 Å². The van der Waals surface area contributed by atoms with Gasteiger partial charge in [0.1, 0.15) is 0 Å². The van der Waals surface area contributed by atoms with Crippen LogP contribution in [-0.4, -0.2) is 54.3 Å². The van der Waals surface area contributed by atoms with E-state index < -0.39 is 0 Å². The Balaban J connectivity index is 1.98. The van der Waals surface area contributed by atoms with Gasteiger partial charge in [-0.3, -0.25) is 14.5 Å². The van der Waals surface area contributed by atoms with Crippen molar-refractivity contribution >= 4 is 11.8 Å². The number of nitrogens with one attached hydrogen (secondary N) is 1. The van der Waals surface area contributed by atoms with E-state index in [1.165, 1.54) is 0 Å². The molecular formula is C13H21N3O2. The van der Waals surface area contributed by atoms with Crippen LogP contribution in [0, 0.1) is 0 Å². The summed E-state index contributed by atoms with van der Waals surface area (Å²) in [6.45, 7) is 4.73. The second-order valence-corrected chi connectivity index (χ2v) is 5.26. The zero-order chi connectivity index (χ0) is 13.3. The zero-order valence-electron chi connectivity index (χ0n) is 11.1. The van der Waals surface area contributed by atoms with E-state index in [2.05, 4.69) is 16.8 Å². The van der Waals surface area contributed by atoms with Crippen molar-refractivity contribution in [3.05, 3.63) is 12.3 Å². The lowest BCUT2D eigenvalue weighted by molar-refractivity contribution is -0.134. The van der Waals surface area contributed by atoms with Gasteiger partial charge in [-0.25, -0.2) is 0 Å². The molecule has 0 aliphatic carbocycles. The highest BCUT2D eigenvalue weighted by Crippen LogP contribution is 2.24. The van der Waals surface area contributed by atoms with Crippen LogP contribution in [0.5, 0.6) is 0 Å². The maximum Gasteiger partial charge on any atom is 0.224 e. The summed E-state index contributed by atoms with van der Waals surface area (Å²) in [4.78, 5) is 27.0. The van der Waals surface area contributed by atoms with Crippen LogP contribution in [0.4, 0.5) is 0 Å². The van der Waals surface area contributed by atoms with Crippen LogP contribution in [0.25, 0.3) is 0 Å². The summed E-state index contributed by atoms with van der Waals surface area (Å²) >= 11 is 0. The van der Waals surface area contributed by atoms with Gasteiger partial charge in [-0.05, 0) is 19.9 Å². The Labute approximate surface area is 108 Å². The highest BCUT2D eigenvalue weighted by molar-refractivity contribution is 5.79. The Morgan fingerprint density at radius 2 is 2.11 bits per heavy atom. The Morgan fingerprint density at radius 1 is 1.39 bits per heavy atom. The Kier molecular flexibility index (Phi) is 3.71. The Bertz CT molecular complexity index is 380. The quantitative estimate of drug-likeness (QED) is 0.769. The van der Waals surface area contributed by atoms with Crippen LogP contribution < -0.4 is 5.32 Å². The van der Waals surface area contributed by atoms with Crippen molar-refractivity contribution in [2.24, 2.45) is 0 Å². The van der Waals surface area contributed by atoms with Crippen molar-refractivity contribution in [1.29, 1.82) is 0 Å². The molecule has 2 atom stereocenters. The van der Waals surface area contributed by atoms with E-state index in [9.17, 15) is 9.59 Å². The van der Waals surface area contributed by atoms with Crippen molar-refractivity contribution in [2.75, 3.05) is 20.6 Å². The van der Waals surface area contributed by atoms with E-state index in [0.29, 0.717) is 12.8 Å². The number of carbonyl (C=O) groups is 2. The number of nitrogens with zero attached hydrogens (tertiary/aromatic N) is 2. The fourth-order valence-corrected chi connectivity index (χ4v) is 2.75. The third-order valence-electron chi connectivity index (χ3n) is 4.05. The molecule has 5 heteroatoms. The topological polar surface area (TPSA) is 52.7 Å². The number of hydrogen-bond acceptors (Lipinski definition) is 3. The summed E-state index contributed by atoms with van der Waals surface area (Å²) in [6, 6.07) is 0.411. The second-order valence-electron chi connectivity index (χ2n) is 5.26. The number of amides is 2. The van der Waals surface area contributed by atoms with Gasteiger partial charge in [-0.1, -0.05) is 6.58 Å². The van der Waals surface area contributed by atoms with Gasteiger partial charge in [0.25, 0.3) is 0 Å². The number of carbonyl (C=O) groups excluding carboxylic acids is 2. The first kappa shape index (κ1) is 13.1. The molecule has 0 aromatic rings. The number of likely N-dealkylation sites (N-methyl/N-ethyl adjacent to an activating group) is 1. The van der Waals surface area contributed by atoms with Gasteiger partial charge < -0.3 is 10.2 Å². The molecular weight excluding hydrogens is 230 g/mol. The van der Waals surface area contributed by atoms with Crippen molar-refractivity contribution in [3.63, 3.8) is 0 Å². The predicted molar refractivity (Wildman–Crippen MR) is 68.7 cm³/mol. The minimum absolute atomic E-state index is 0.0455. The molecule has 0 bridgehead atoms. The van der Waals surface area contributed by atoms with Crippen LogP contribution in [0.1, 0.15) is 25.7 Å². The van der Waals surface area contributed by atoms with Crippen LogP contribution in [0.3, 0.4) is 0 Å². The maximum atomic E-state index is 11.7. The summed E-state index contributed by atoms with van der Waals surface area (Å²) in [5.41, 5.74) is 0.764. The number of likely N-dealkylation sites (tertiary alicyclic amines) is 1. The highest BCUT2D eigenvalue weighted by atomic mass is 16.2. The Hall–Kier alpha value is -1.36. The first-order valence-corrected chi connectivity index (χ1v) is 6.43. The van der Waals surface area contributed by atoms with E-state index in [1.54, 1.807) is 4.90 Å². The highest BCUT2D eigenvalue weighted by Gasteiger charge is 2.33. The lowest BCUT2D eigenvalue weighted by Gasteiger charge is -2.41. The molecule has 2 amide bonds. The van der Waals surface area contributed by atoms with Gasteiger partial charge in [0, 0.05) is 44.2 Å². The van der Waals surface area contributed by atoms with Gasteiger partial charge in [0.15, 0.2) is 0 Å². The number of hydrogen-bond donors (Lipinski definition) is 1. The minimum Gasteiger partial charge on any atom is -0.346 e. The molecule has 0 spiro atoms. The summed E-state index contributed by atoms with van der Waals surface area (Å²) in [5, 5.41) is 2.80. The fraction of sp³-hybridized carbons (Fsp3) is 0.692. The molecule has 5 nitrogen and oxygen atoms in total. The van der Waals surface area contributed by atoms with Crippen molar-refractivity contribution in [3.8, 4) is 0 Å². The van der Waals surface area contributed by atoms with Crippen molar-refractivity contribution in [1.82, 2.24) is 15.1 Å². The van der Waals surface area contributed by atoms with E-state index in [0.717, 1.165) is 25.1 Å². The van der Waals surface area contributed by atoms with Crippen molar-refractivity contribution < 1.29 is 9.59 Å². The third kappa shape index (κ3) is 2.56. The van der Waals surface area contributed by atoms with Crippen LogP contribution >= 0.6 is 0 Å². The first-order valence-electron chi connectivity index (χ1n) is 6.43. The molecule has 2 rings (SSSR count). The second kappa shape index (κ2) is 5.10. The standard InChI is InChI=1S/C13H21N3O2/c1-9-11(4-5-12(17)14-9)16(3)10-6-7-15(2)13(18)8-10/h10-11H,1,4-8H2,2-3H3,(H,14,17). The van der Waals surface area contributed by atoms with E-state index in [-0.39, 0.29) is 23.9 Å². The smallest absolute Gasteiger partial charge is 0.224 e. The molecule has 2 fully saturated rings. The molecule has 2 aliphatic rings. The lowest BCUT2D eigenvalue weighted by Crippen LogP contribution is -2.52. The molecule has 0 aromatic heterocycles. The molecule has 0 radical (unpaired) electrons. The predicted octanol–water partition coefficient (Wildman–Crippen LogP) is 0.331. The monoisotopic (exact) mass is 251 g/mol.